The van der Waals surface area contributed by atoms with Crippen molar-refractivity contribution >= 4 is 17.7 Å². The van der Waals surface area contributed by atoms with Gasteiger partial charge in [0.25, 0.3) is 0 Å². The van der Waals surface area contributed by atoms with Crippen LogP contribution in [0.2, 0.25) is 0 Å². The van der Waals surface area contributed by atoms with E-state index in [9.17, 15) is 27.2 Å². The Balaban J connectivity index is 3.23. The molecule has 0 radical (unpaired) electrons. The predicted molar refractivity (Wildman–Crippen MR) is 68.2 cm³/mol. The van der Waals surface area contributed by atoms with Crippen molar-refractivity contribution in [1.82, 2.24) is 0 Å². The van der Waals surface area contributed by atoms with Crippen molar-refractivity contribution in [2.45, 2.75) is 32.5 Å². The Morgan fingerprint density at radius 1 is 1.18 bits per heavy atom. The zero-order chi connectivity index (χ0) is 17.3. The minimum absolute atomic E-state index is 0.115. The summed E-state index contributed by atoms with van der Waals surface area (Å²) in [4.78, 5) is 22.5. The van der Waals surface area contributed by atoms with Crippen LogP contribution in [0.4, 0.5) is 28.0 Å². The van der Waals surface area contributed by atoms with Gasteiger partial charge in [-0.1, -0.05) is 0 Å². The normalized spacial score (nSPS) is 12.0. The summed E-state index contributed by atoms with van der Waals surface area (Å²) in [5, 5.41) is 10.8. The van der Waals surface area contributed by atoms with Crippen molar-refractivity contribution < 1.29 is 37.0 Å². The molecule has 1 rings (SSSR count). The molecule has 22 heavy (non-hydrogen) atoms. The van der Waals surface area contributed by atoms with Crippen molar-refractivity contribution in [3.8, 4) is 0 Å². The lowest BCUT2D eigenvalue weighted by Crippen LogP contribution is -2.28. The number of anilines is 1. The second-order valence-electron chi connectivity index (χ2n) is 5.31. The summed E-state index contributed by atoms with van der Waals surface area (Å²) in [7, 11) is 0. The molecule has 1 aromatic rings. The average Bonchev–Trinajstić information content (AvgIpc) is 2.23. The molecular weight excluding hydrogens is 310 g/mol. The second kappa shape index (κ2) is 5.82. The number of nitrogens with one attached hydrogen (secondary N) is 1. The van der Waals surface area contributed by atoms with Crippen LogP contribution in [-0.2, 0) is 10.9 Å². The third kappa shape index (κ3) is 4.61. The van der Waals surface area contributed by atoms with E-state index in [0.29, 0.717) is 0 Å². The van der Waals surface area contributed by atoms with Crippen LogP contribution in [0.25, 0.3) is 0 Å². The molecule has 0 aliphatic rings. The first kappa shape index (κ1) is 17.7. The van der Waals surface area contributed by atoms with E-state index in [2.05, 4.69) is 0 Å². The quantitative estimate of drug-likeness (QED) is 0.810. The van der Waals surface area contributed by atoms with E-state index in [1.165, 1.54) is 20.8 Å². The van der Waals surface area contributed by atoms with Crippen molar-refractivity contribution in [2.75, 3.05) is 5.32 Å². The Hall–Kier alpha value is -2.32. The van der Waals surface area contributed by atoms with E-state index in [4.69, 9.17) is 9.84 Å². The van der Waals surface area contributed by atoms with E-state index in [0.717, 1.165) is 0 Å². The Labute approximate surface area is 122 Å². The molecule has 0 aliphatic carbocycles. The maximum atomic E-state index is 13.5. The molecule has 0 saturated heterocycles. The molecule has 2 N–H and O–H groups in total. The number of alkyl halides is 3. The number of carbonyl (C=O) groups is 2. The van der Waals surface area contributed by atoms with Gasteiger partial charge in [-0.3, -0.25) is 5.32 Å². The molecule has 0 unspecified atom stereocenters. The standard InChI is InChI=1S/C13H13F4NO4/c1-12(2,3)22-11(21)18-9-5-8(14)7(13(15,16)17)4-6(9)10(19)20/h4-5H,1-3H3,(H,18,21)(H,19,20). The number of carbonyl (C=O) groups excluding carboxylic acids is 1. The van der Waals surface area contributed by atoms with Gasteiger partial charge in [0.15, 0.2) is 0 Å². The molecule has 1 aromatic carbocycles. The lowest BCUT2D eigenvalue weighted by molar-refractivity contribution is -0.140. The molecule has 0 spiro atoms. The molecule has 0 saturated carbocycles. The van der Waals surface area contributed by atoms with Gasteiger partial charge in [0.2, 0.25) is 0 Å². The first-order valence-corrected chi connectivity index (χ1v) is 5.95. The number of hydrogen-bond donors (Lipinski definition) is 2. The largest absolute Gasteiger partial charge is 0.478 e. The van der Waals surface area contributed by atoms with E-state index < -0.39 is 46.5 Å². The summed E-state index contributed by atoms with van der Waals surface area (Å²) < 4.78 is 56.0. The van der Waals surface area contributed by atoms with Gasteiger partial charge in [-0.25, -0.2) is 14.0 Å². The Bertz CT molecular complexity index is 605. The Morgan fingerprint density at radius 3 is 2.14 bits per heavy atom. The summed E-state index contributed by atoms with van der Waals surface area (Å²) in [6.45, 7) is 4.58. The third-order valence-corrected chi connectivity index (χ3v) is 2.28. The van der Waals surface area contributed by atoms with Crippen LogP contribution in [0.3, 0.4) is 0 Å². The summed E-state index contributed by atoms with van der Waals surface area (Å²) >= 11 is 0. The van der Waals surface area contributed by atoms with E-state index in [1.54, 1.807) is 0 Å². The molecule has 0 aromatic heterocycles. The number of benzene rings is 1. The number of halogens is 4. The molecular formula is C13H13F4NO4. The van der Waals surface area contributed by atoms with Crippen LogP contribution in [0.1, 0.15) is 36.7 Å². The highest BCUT2D eigenvalue weighted by molar-refractivity contribution is 5.99. The fraction of sp³-hybridized carbons (Fsp3) is 0.385. The van der Waals surface area contributed by atoms with Gasteiger partial charge in [-0.05, 0) is 32.9 Å². The van der Waals surface area contributed by atoms with Gasteiger partial charge < -0.3 is 9.84 Å². The fourth-order valence-corrected chi connectivity index (χ4v) is 1.48. The number of aromatic carboxylic acids is 1. The number of ether oxygens (including phenoxy) is 1. The van der Waals surface area contributed by atoms with E-state index in [-0.39, 0.29) is 12.1 Å². The first-order chi connectivity index (χ1) is 9.81. The van der Waals surface area contributed by atoms with Gasteiger partial charge in [0.1, 0.15) is 11.4 Å². The van der Waals surface area contributed by atoms with Crippen molar-refractivity contribution in [3.05, 3.63) is 29.1 Å². The topological polar surface area (TPSA) is 75.6 Å². The lowest BCUT2D eigenvalue weighted by Gasteiger charge is -2.20. The van der Waals surface area contributed by atoms with E-state index in [1.807, 2.05) is 5.32 Å². The number of hydrogen-bond acceptors (Lipinski definition) is 3. The zero-order valence-corrected chi connectivity index (χ0v) is 11.8. The van der Waals surface area contributed by atoms with Gasteiger partial charge >= 0.3 is 18.2 Å². The molecule has 0 bridgehead atoms. The SMILES string of the molecule is CC(C)(C)OC(=O)Nc1cc(F)c(C(F)(F)F)cc1C(=O)O. The average molecular weight is 323 g/mol. The summed E-state index contributed by atoms with van der Waals surface area (Å²) in [6.07, 6.45) is -6.17. The summed E-state index contributed by atoms with van der Waals surface area (Å²) in [5.74, 6) is -3.46. The number of amides is 1. The van der Waals surface area contributed by atoms with Crippen LogP contribution in [0.5, 0.6) is 0 Å². The van der Waals surface area contributed by atoms with E-state index >= 15 is 0 Å². The molecule has 1 amide bonds. The zero-order valence-electron chi connectivity index (χ0n) is 11.8. The molecule has 0 atom stereocenters. The highest BCUT2D eigenvalue weighted by Gasteiger charge is 2.36. The van der Waals surface area contributed by atoms with Crippen molar-refractivity contribution in [2.24, 2.45) is 0 Å². The van der Waals surface area contributed by atoms with Crippen molar-refractivity contribution in [3.63, 3.8) is 0 Å². The predicted octanol–water partition coefficient (Wildman–Crippen LogP) is 3.89. The second-order valence-corrected chi connectivity index (χ2v) is 5.31. The highest BCUT2D eigenvalue weighted by atomic mass is 19.4. The third-order valence-electron chi connectivity index (χ3n) is 2.28. The minimum Gasteiger partial charge on any atom is -0.478 e. The summed E-state index contributed by atoms with van der Waals surface area (Å²) in [6, 6.07) is 0.403. The van der Waals surface area contributed by atoms with Crippen LogP contribution >= 0.6 is 0 Å². The van der Waals surface area contributed by atoms with Gasteiger partial charge in [-0.2, -0.15) is 13.2 Å². The monoisotopic (exact) mass is 323 g/mol. The van der Waals surface area contributed by atoms with Crippen LogP contribution in [0.15, 0.2) is 12.1 Å². The fourth-order valence-electron chi connectivity index (χ4n) is 1.48. The van der Waals surface area contributed by atoms with Crippen LogP contribution in [0, 0.1) is 5.82 Å². The van der Waals surface area contributed by atoms with Crippen LogP contribution < -0.4 is 5.32 Å². The number of rotatable bonds is 2. The Morgan fingerprint density at radius 2 is 1.73 bits per heavy atom. The first-order valence-electron chi connectivity index (χ1n) is 5.95. The number of carboxylic acids is 1. The minimum atomic E-state index is -5.06. The van der Waals surface area contributed by atoms with Gasteiger partial charge in [-0.15, -0.1) is 0 Å². The smallest absolute Gasteiger partial charge is 0.419 e. The molecule has 9 heteroatoms. The van der Waals surface area contributed by atoms with Gasteiger partial charge in [0.05, 0.1) is 16.8 Å². The molecule has 0 aliphatic heterocycles. The molecule has 122 valence electrons. The maximum Gasteiger partial charge on any atom is 0.419 e. The Kier molecular flexibility index (Phi) is 4.69. The van der Waals surface area contributed by atoms with Gasteiger partial charge in [0, 0.05) is 0 Å². The van der Waals surface area contributed by atoms with Crippen molar-refractivity contribution in [1.29, 1.82) is 0 Å². The molecule has 5 nitrogen and oxygen atoms in total. The summed E-state index contributed by atoms with van der Waals surface area (Å²) in [5.41, 5.74) is -4.19. The number of carboxylic acid groups (broad SMARTS) is 1. The molecule has 0 fully saturated rings. The lowest BCUT2D eigenvalue weighted by atomic mass is 10.1. The highest BCUT2D eigenvalue weighted by Crippen LogP contribution is 2.34. The molecule has 0 heterocycles. The maximum absolute atomic E-state index is 13.5. The van der Waals surface area contributed by atoms with Crippen LogP contribution in [-0.4, -0.2) is 22.8 Å².